The Morgan fingerprint density at radius 3 is 2.20 bits per heavy atom. The largest absolute Gasteiger partial charge is 0.368 e. The molecule has 1 aliphatic rings. The molecule has 3 aromatic rings. The minimum absolute atomic E-state index is 0.0967. The number of aryl methyl sites for hydroxylation is 2. The molecule has 1 heterocycles. The lowest BCUT2D eigenvalue weighted by Crippen LogP contribution is -2.49. The number of anilines is 2. The van der Waals surface area contributed by atoms with E-state index in [0.717, 1.165) is 61.5 Å². The number of unbranched alkanes of at least 4 members (excludes halogenated alkanes) is 1. The Balaban J connectivity index is 1.27. The van der Waals surface area contributed by atoms with Crippen molar-refractivity contribution in [2.75, 3.05) is 36.4 Å². The zero-order valence-electron chi connectivity index (χ0n) is 20.8. The molecule has 0 unspecified atom stereocenters. The molecule has 0 aromatic heterocycles. The highest BCUT2D eigenvalue weighted by Crippen LogP contribution is 2.21. The normalized spacial score (nSPS) is 13.5. The lowest BCUT2D eigenvalue weighted by atomic mass is 10.1. The van der Waals surface area contributed by atoms with E-state index in [-0.39, 0.29) is 11.8 Å². The molecule has 0 atom stereocenters. The van der Waals surface area contributed by atoms with E-state index >= 15 is 0 Å². The van der Waals surface area contributed by atoms with E-state index in [0.29, 0.717) is 12.0 Å². The third-order valence-corrected chi connectivity index (χ3v) is 6.76. The second-order valence-electron chi connectivity index (χ2n) is 9.27. The van der Waals surface area contributed by atoms with Gasteiger partial charge in [0.05, 0.1) is 6.42 Å². The summed E-state index contributed by atoms with van der Waals surface area (Å²) in [7, 11) is 0. The predicted molar refractivity (Wildman–Crippen MR) is 143 cm³/mol. The Hall–Kier alpha value is -3.60. The van der Waals surface area contributed by atoms with Gasteiger partial charge in [0.15, 0.2) is 0 Å². The van der Waals surface area contributed by atoms with Crippen LogP contribution in [0.5, 0.6) is 0 Å². The molecule has 0 saturated carbocycles. The van der Waals surface area contributed by atoms with E-state index in [2.05, 4.69) is 30.1 Å². The van der Waals surface area contributed by atoms with Crippen molar-refractivity contribution in [3.8, 4) is 0 Å². The summed E-state index contributed by atoms with van der Waals surface area (Å²) >= 11 is 0. The van der Waals surface area contributed by atoms with E-state index < -0.39 is 0 Å². The summed E-state index contributed by atoms with van der Waals surface area (Å²) in [5.41, 5.74) is 6.08. The zero-order valence-corrected chi connectivity index (χ0v) is 20.8. The van der Waals surface area contributed by atoms with E-state index in [1.807, 2.05) is 71.6 Å². The molecule has 0 radical (unpaired) electrons. The number of carbonyl (C=O) groups is 2. The Morgan fingerprint density at radius 1 is 0.857 bits per heavy atom. The molecule has 1 aliphatic heterocycles. The molecule has 5 nitrogen and oxygen atoms in total. The first-order chi connectivity index (χ1) is 17.0. The van der Waals surface area contributed by atoms with Crippen LogP contribution >= 0.6 is 0 Å². The number of amides is 2. The number of carbonyl (C=O) groups excluding carboxylic acids is 2. The molecule has 5 heteroatoms. The SMILES string of the molecule is CCCCc1ccc(C(=O)Nc2ccc(N3CCN(C(=O)Cc4ccccc4C)CC3)cc2)cc1. The van der Waals surface area contributed by atoms with Crippen LogP contribution in [0.1, 0.15) is 46.8 Å². The van der Waals surface area contributed by atoms with Crippen molar-refractivity contribution < 1.29 is 9.59 Å². The molecular weight excluding hydrogens is 434 g/mol. The minimum atomic E-state index is -0.0967. The molecule has 1 N–H and O–H groups in total. The van der Waals surface area contributed by atoms with Gasteiger partial charge in [-0.05, 0) is 72.9 Å². The fourth-order valence-corrected chi connectivity index (χ4v) is 4.46. The lowest BCUT2D eigenvalue weighted by Gasteiger charge is -2.36. The summed E-state index contributed by atoms with van der Waals surface area (Å²) in [6.07, 6.45) is 3.84. The quantitative estimate of drug-likeness (QED) is 0.475. The van der Waals surface area contributed by atoms with Crippen LogP contribution in [0.2, 0.25) is 0 Å². The number of hydrogen-bond donors (Lipinski definition) is 1. The van der Waals surface area contributed by atoms with Gasteiger partial charge in [0.25, 0.3) is 5.91 Å². The average molecular weight is 470 g/mol. The summed E-state index contributed by atoms with van der Waals surface area (Å²) in [5.74, 6) is 0.0935. The second kappa shape index (κ2) is 11.7. The van der Waals surface area contributed by atoms with Crippen molar-refractivity contribution in [3.05, 3.63) is 95.1 Å². The van der Waals surface area contributed by atoms with Gasteiger partial charge < -0.3 is 15.1 Å². The molecule has 1 fully saturated rings. The Kier molecular flexibility index (Phi) is 8.19. The molecule has 182 valence electrons. The Bertz CT molecular complexity index is 1130. The van der Waals surface area contributed by atoms with Crippen molar-refractivity contribution in [1.29, 1.82) is 0 Å². The molecule has 0 aliphatic carbocycles. The summed E-state index contributed by atoms with van der Waals surface area (Å²) < 4.78 is 0. The highest BCUT2D eigenvalue weighted by Gasteiger charge is 2.21. The van der Waals surface area contributed by atoms with Crippen molar-refractivity contribution >= 4 is 23.2 Å². The number of benzene rings is 3. The highest BCUT2D eigenvalue weighted by molar-refractivity contribution is 6.04. The van der Waals surface area contributed by atoms with Crippen molar-refractivity contribution in [2.24, 2.45) is 0 Å². The van der Waals surface area contributed by atoms with Crippen molar-refractivity contribution in [2.45, 2.75) is 39.5 Å². The molecule has 2 amide bonds. The second-order valence-corrected chi connectivity index (χ2v) is 9.27. The monoisotopic (exact) mass is 469 g/mol. The van der Waals surface area contributed by atoms with Crippen LogP contribution < -0.4 is 10.2 Å². The van der Waals surface area contributed by atoms with Gasteiger partial charge in [-0.15, -0.1) is 0 Å². The van der Waals surface area contributed by atoms with Gasteiger partial charge in [0.1, 0.15) is 0 Å². The number of rotatable bonds is 8. The first kappa shape index (κ1) is 24.5. The topological polar surface area (TPSA) is 52.7 Å². The summed E-state index contributed by atoms with van der Waals surface area (Å²) in [6.45, 7) is 7.28. The molecule has 0 bridgehead atoms. The standard InChI is InChI=1S/C30H35N3O2/c1-3-4-8-24-10-12-25(13-11-24)30(35)31-27-14-16-28(17-15-27)32-18-20-33(21-19-32)29(34)22-26-9-6-5-7-23(26)2/h5-7,9-17H,3-4,8,18-22H2,1-2H3,(H,31,35). The van der Waals surface area contributed by atoms with Crippen LogP contribution in [0.3, 0.4) is 0 Å². The van der Waals surface area contributed by atoms with Crippen LogP contribution in [0.15, 0.2) is 72.8 Å². The van der Waals surface area contributed by atoms with Crippen LogP contribution in [0, 0.1) is 6.92 Å². The smallest absolute Gasteiger partial charge is 0.255 e. The molecule has 35 heavy (non-hydrogen) atoms. The number of hydrogen-bond acceptors (Lipinski definition) is 3. The maximum atomic E-state index is 12.8. The van der Waals surface area contributed by atoms with Gasteiger partial charge in [-0.25, -0.2) is 0 Å². The van der Waals surface area contributed by atoms with Gasteiger partial charge in [0, 0.05) is 43.1 Å². The first-order valence-corrected chi connectivity index (χ1v) is 12.6. The van der Waals surface area contributed by atoms with Crippen LogP contribution in [-0.4, -0.2) is 42.9 Å². The Morgan fingerprint density at radius 2 is 1.54 bits per heavy atom. The maximum Gasteiger partial charge on any atom is 0.255 e. The summed E-state index contributed by atoms with van der Waals surface area (Å²) in [4.78, 5) is 29.6. The van der Waals surface area contributed by atoms with Gasteiger partial charge in [0.2, 0.25) is 5.91 Å². The zero-order chi connectivity index (χ0) is 24.6. The first-order valence-electron chi connectivity index (χ1n) is 12.6. The predicted octanol–water partition coefficient (Wildman–Crippen LogP) is 5.48. The minimum Gasteiger partial charge on any atom is -0.368 e. The van der Waals surface area contributed by atoms with Crippen LogP contribution in [-0.2, 0) is 17.6 Å². The Labute approximate surface area is 208 Å². The molecule has 0 spiro atoms. The number of piperazine rings is 1. The van der Waals surface area contributed by atoms with Gasteiger partial charge in [-0.2, -0.15) is 0 Å². The van der Waals surface area contributed by atoms with E-state index in [4.69, 9.17) is 0 Å². The lowest BCUT2D eigenvalue weighted by molar-refractivity contribution is -0.130. The molecular formula is C30H35N3O2. The highest BCUT2D eigenvalue weighted by atomic mass is 16.2. The van der Waals surface area contributed by atoms with Gasteiger partial charge >= 0.3 is 0 Å². The summed E-state index contributed by atoms with van der Waals surface area (Å²) in [5, 5.41) is 2.99. The fraction of sp³-hybridized carbons (Fsp3) is 0.333. The third-order valence-electron chi connectivity index (χ3n) is 6.76. The van der Waals surface area contributed by atoms with Gasteiger partial charge in [-0.1, -0.05) is 49.7 Å². The number of nitrogens with zero attached hydrogens (tertiary/aromatic N) is 2. The van der Waals surface area contributed by atoms with E-state index in [9.17, 15) is 9.59 Å². The van der Waals surface area contributed by atoms with E-state index in [1.54, 1.807) is 0 Å². The maximum absolute atomic E-state index is 12.8. The number of nitrogens with one attached hydrogen (secondary N) is 1. The molecule has 4 rings (SSSR count). The van der Waals surface area contributed by atoms with Crippen LogP contribution in [0.4, 0.5) is 11.4 Å². The third kappa shape index (κ3) is 6.50. The fourth-order valence-electron chi connectivity index (χ4n) is 4.46. The summed E-state index contributed by atoms with van der Waals surface area (Å²) in [6, 6.07) is 23.9. The van der Waals surface area contributed by atoms with Gasteiger partial charge in [-0.3, -0.25) is 9.59 Å². The van der Waals surface area contributed by atoms with E-state index in [1.165, 1.54) is 12.0 Å². The molecule has 3 aromatic carbocycles. The van der Waals surface area contributed by atoms with Crippen LogP contribution in [0.25, 0.3) is 0 Å². The molecule has 1 saturated heterocycles. The van der Waals surface area contributed by atoms with Crippen molar-refractivity contribution in [1.82, 2.24) is 4.90 Å². The van der Waals surface area contributed by atoms with Crippen molar-refractivity contribution in [3.63, 3.8) is 0 Å². The average Bonchev–Trinajstić information content (AvgIpc) is 2.89.